The second kappa shape index (κ2) is 8.41. The average molecular weight is 441 g/mol. The number of methoxy groups -OCH3 is 1. The van der Waals surface area contributed by atoms with E-state index in [0.717, 1.165) is 32.8 Å². The molecule has 0 aliphatic carbocycles. The SMILES string of the molecule is Br.COc1ccccc1Nc1nc(-c2sc(NC(C)=O)nc2C)cs1. The summed E-state index contributed by atoms with van der Waals surface area (Å²) in [6.07, 6.45) is 0. The lowest BCUT2D eigenvalue weighted by Crippen LogP contribution is -2.04. The molecular weight excluding hydrogens is 424 g/mol. The van der Waals surface area contributed by atoms with Crippen molar-refractivity contribution in [2.24, 2.45) is 0 Å². The molecule has 6 nitrogen and oxygen atoms in total. The molecule has 2 heterocycles. The first-order valence-electron chi connectivity index (χ1n) is 7.18. The van der Waals surface area contributed by atoms with Crippen LogP contribution in [0.4, 0.5) is 16.0 Å². The maximum atomic E-state index is 11.2. The van der Waals surface area contributed by atoms with E-state index in [9.17, 15) is 4.79 Å². The van der Waals surface area contributed by atoms with Crippen molar-refractivity contribution in [3.05, 3.63) is 35.3 Å². The molecule has 3 rings (SSSR count). The number of aryl methyl sites for hydroxylation is 1. The third-order valence-corrected chi connectivity index (χ3v) is 5.02. The number of hydrogen-bond acceptors (Lipinski definition) is 7. The zero-order valence-corrected chi connectivity index (χ0v) is 17.2. The first kappa shape index (κ1) is 19.4. The lowest BCUT2D eigenvalue weighted by atomic mass is 10.3. The van der Waals surface area contributed by atoms with Crippen molar-refractivity contribution < 1.29 is 9.53 Å². The highest BCUT2D eigenvalue weighted by Crippen LogP contribution is 2.36. The molecule has 1 aromatic carbocycles. The molecule has 3 aromatic rings. The number of carbonyl (C=O) groups is 1. The molecule has 1 amide bonds. The molecule has 0 saturated carbocycles. The van der Waals surface area contributed by atoms with Crippen LogP contribution in [-0.4, -0.2) is 23.0 Å². The summed E-state index contributed by atoms with van der Waals surface area (Å²) in [5, 5.41) is 9.30. The Bertz CT molecular complexity index is 879. The molecule has 2 aromatic heterocycles. The minimum Gasteiger partial charge on any atom is -0.495 e. The number of amides is 1. The zero-order chi connectivity index (χ0) is 17.1. The second-order valence-electron chi connectivity index (χ2n) is 4.98. The summed E-state index contributed by atoms with van der Waals surface area (Å²) >= 11 is 2.92. The summed E-state index contributed by atoms with van der Waals surface area (Å²) in [6, 6.07) is 7.69. The van der Waals surface area contributed by atoms with Crippen LogP contribution < -0.4 is 15.4 Å². The molecule has 0 atom stereocenters. The maximum Gasteiger partial charge on any atom is 0.223 e. The summed E-state index contributed by atoms with van der Waals surface area (Å²) in [6.45, 7) is 3.37. The number of halogens is 1. The van der Waals surface area contributed by atoms with Gasteiger partial charge >= 0.3 is 0 Å². The summed E-state index contributed by atoms with van der Waals surface area (Å²) in [4.78, 5) is 21.1. The number of hydrogen-bond donors (Lipinski definition) is 2. The number of aromatic nitrogens is 2. The zero-order valence-electron chi connectivity index (χ0n) is 13.8. The van der Waals surface area contributed by atoms with Gasteiger partial charge in [0, 0.05) is 12.3 Å². The fourth-order valence-electron chi connectivity index (χ4n) is 2.14. The normalized spacial score (nSPS) is 10.0. The van der Waals surface area contributed by atoms with E-state index in [2.05, 4.69) is 20.6 Å². The van der Waals surface area contributed by atoms with Crippen LogP contribution in [0.1, 0.15) is 12.6 Å². The number of anilines is 3. The van der Waals surface area contributed by atoms with E-state index < -0.39 is 0 Å². The number of thiazole rings is 2. The highest BCUT2D eigenvalue weighted by Gasteiger charge is 2.14. The molecule has 0 fully saturated rings. The van der Waals surface area contributed by atoms with Gasteiger partial charge in [-0.3, -0.25) is 4.79 Å². The monoisotopic (exact) mass is 440 g/mol. The quantitative estimate of drug-likeness (QED) is 0.591. The minimum atomic E-state index is -0.132. The minimum absolute atomic E-state index is 0. The van der Waals surface area contributed by atoms with Crippen LogP contribution in [-0.2, 0) is 4.79 Å². The Kier molecular flexibility index (Phi) is 6.51. The van der Waals surface area contributed by atoms with Crippen molar-refractivity contribution in [1.29, 1.82) is 0 Å². The van der Waals surface area contributed by atoms with Crippen molar-refractivity contribution in [1.82, 2.24) is 9.97 Å². The van der Waals surface area contributed by atoms with E-state index in [1.54, 1.807) is 7.11 Å². The standard InChI is InChI=1S/C16H16N4O2S2.BrH/c1-9-14(24-16(17-9)18-10(2)21)12-8-23-15(20-12)19-11-6-4-5-7-13(11)22-3;/h4-8H,1-3H3,(H,19,20)(H,17,18,21);1H. The number of carbonyl (C=O) groups excluding carboxylic acids is 1. The second-order valence-corrected chi connectivity index (χ2v) is 6.84. The van der Waals surface area contributed by atoms with Crippen LogP contribution in [0.25, 0.3) is 10.6 Å². The number of rotatable bonds is 5. The molecule has 0 radical (unpaired) electrons. The number of nitrogens with one attached hydrogen (secondary N) is 2. The van der Waals surface area contributed by atoms with Crippen molar-refractivity contribution in [2.45, 2.75) is 13.8 Å². The fraction of sp³-hybridized carbons (Fsp3) is 0.188. The lowest BCUT2D eigenvalue weighted by molar-refractivity contribution is -0.114. The van der Waals surface area contributed by atoms with E-state index in [4.69, 9.17) is 4.74 Å². The van der Waals surface area contributed by atoms with Gasteiger partial charge in [-0.15, -0.1) is 28.3 Å². The van der Waals surface area contributed by atoms with E-state index >= 15 is 0 Å². The first-order chi connectivity index (χ1) is 11.6. The van der Waals surface area contributed by atoms with Gasteiger partial charge in [-0.05, 0) is 19.1 Å². The van der Waals surface area contributed by atoms with Gasteiger partial charge in [-0.1, -0.05) is 23.5 Å². The van der Waals surface area contributed by atoms with Gasteiger partial charge in [0.1, 0.15) is 5.75 Å². The summed E-state index contributed by atoms with van der Waals surface area (Å²) in [5.74, 6) is 0.628. The Morgan fingerprint density at radius 2 is 1.96 bits per heavy atom. The van der Waals surface area contributed by atoms with Gasteiger partial charge in [0.15, 0.2) is 10.3 Å². The maximum absolute atomic E-state index is 11.2. The van der Waals surface area contributed by atoms with E-state index in [-0.39, 0.29) is 22.9 Å². The number of ether oxygens (including phenoxy) is 1. The smallest absolute Gasteiger partial charge is 0.223 e. The summed E-state index contributed by atoms with van der Waals surface area (Å²) in [5.41, 5.74) is 2.54. The molecule has 0 bridgehead atoms. The lowest BCUT2D eigenvalue weighted by Gasteiger charge is -2.07. The van der Waals surface area contributed by atoms with Gasteiger partial charge < -0.3 is 15.4 Å². The molecule has 9 heteroatoms. The molecular formula is C16H17BrN4O2S2. The largest absolute Gasteiger partial charge is 0.495 e. The summed E-state index contributed by atoms with van der Waals surface area (Å²) in [7, 11) is 1.64. The van der Waals surface area contributed by atoms with E-state index in [1.165, 1.54) is 29.6 Å². The van der Waals surface area contributed by atoms with Gasteiger partial charge in [0.25, 0.3) is 0 Å². The molecule has 0 saturated heterocycles. The Balaban J connectivity index is 0.00000225. The Labute approximate surface area is 164 Å². The average Bonchev–Trinajstić information content (AvgIpc) is 3.14. The van der Waals surface area contributed by atoms with Crippen molar-refractivity contribution >= 4 is 61.5 Å². The molecule has 0 aliphatic heterocycles. The number of para-hydroxylation sites is 2. The van der Waals surface area contributed by atoms with Crippen LogP contribution in [0, 0.1) is 6.92 Å². The first-order valence-corrected chi connectivity index (χ1v) is 8.87. The van der Waals surface area contributed by atoms with Crippen LogP contribution in [0.15, 0.2) is 29.6 Å². The molecule has 132 valence electrons. The molecule has 2 N–H and O–H groups in total. The third-order valence-electron chi connectivity index (χ3n) is 3.16. The molecule has 0 aliphatic rings. The predicted molar refractivity (Wildman–Crippen MR) is 109 cm³/mol. The topological polar surface area (TPSA) is 76.1 Å². The summed E-state index contributed by atoms with van der Waals surface area (Å²) < 4.78 is 5.33. The fourth-order valence-corrected chi connectivity index (χ4v) is 3.90. The van der Waals surface area contributed by atoms with Gasteiger partial charge in [0.05, 0.1) is 29.1 Å². The number of nitrogens with zero attached hydrogens (tertiary/aromatic N) is 2. The highest BCUT2D eigenvalue weighted by atomic mass is 79.9. The Morgan fingerprint density at radius 1 is 1.20 bits per heavy atom. The van der Waals surface area contributed by atoms with E-state index in [1.807, 2.05) is 36.6 Å². The molecule has 0 spiro atoms. The molecule has 25 heavy (non-hydrogen) atoms. The van der Waals surface area contributed by atoms with Crippen LogP contribution in [0.5, 0.6) is 5.75 Å². The van der Waals surface area contributed by atoms with Gasteiger partial charge in [-0.2, -0.15) is 0 Å². The van der Waals surface area contributed by atoms with Gasteiger partial charge in [0.2, 0.25) is 5.91 Å². The Morgan fingerprint density at radius 3 is 2.68 bits per heavy atom. The third kappa shape index (κ3) is 4.56. The van der Waals surface area contributed by atoms with E-state index in [0.29, 0.717) is 5.13 Å². The van der Waals surface area contributed by atoms with Crippen LogP contribution in [0.2, 0.25) is 0 Å². The van der Waals surface area contributed by atoms with Crippen molar-refractivity contribution in [3.63, 3.8) is 0 Å². The van der Waals surface area contributed by atoms with Crippen LogP contribution in [0.3, 0.4) is 0 Å². The van der Waals surface area contributed by atoms with Crippen molar-refractivity contribution in [3.8, 4) is 16.3 Å². The number of benzene rings is 1. The van der Waals surface area contributed by atoms with Gasteiger partial charge in [-0.25, -0.2) is 9.97 Å². The highest BCUT2D eigenvalue weighted by molar-refractivity contribution is 8.93. The van der Waals surface area contributed by atoms with Crippen LogP contribution >= 0.6 is 39.7 Å². The molecule has 0 unspecified atom stereocenters. The Hall–Kier alpha value is -1.97. The predicted octanol–water partition coefficient (Wildman–Crippen LogP) is 4.86. The van der Waals surface area contributed by atoms with Crippen molar-refractivity contribution in [2.75, 3.05) is 17.7 Å².